The minimum absolute atomic E-state index is 0.290. The van der Waals surface area contributed by atoms with Crippen molar-refractivity contribution < 1.29 is 4.79 Å². The van der Waals surface area contributed by atoms with Crippen molar-refractivity contribution in [3.8, 4) is 0 Å². The van der Waals surface area contributed by atoms with Crippen molar-refractivity contribution in [2.75, 3.05) is 0 Å². The summed E-state index contributed by atoms with van der Waals surface area (Å²) in [5, 5.41) is 0.534. The quantitative estimate of drug-likeness (QED) is 0.559. The van der Waals surface area contributed by atoms with Crippen LogP contribution in [0.4, 0.5) is 4.79 Å². The first-order chi connectivity index (χ1) is 4.86. The first-order valence-corrected chi connectivity index (χ1v) is 5.14. The number of hydrogen-bond acceptors (Lipinski definition) is 3. The number of thioether (sulfide) groups is 2. The van der Waals surface area contributed by atoms with E-state index in [2.05, 4.69) is 6.08 Å². The molecule has 0 bridgehead atoms. The first kappa shape index (κ1) is 6.80. The van der Waals surface area contributed by atoms with E-state index in [1.807, 2.05) is 0 Å². The van der Waals surface area contributed by atoms with Crippen molar-refractivity contribution in [1.29, 1.82) is 0 Å². The molecule has 0 saturated carbocycles. The van der Waals surface area contributed by atoms with E-state index in [-0.39, 0.29) is 4.45 Å². The van der Waals surface area contributed by atoms with Gasteiger partial charge in [0.1, 0.15) is 0 Å². The van der Waals surface area contributed by atoms with Crippen LogP contribution in [0.5, 0.6) is 0 Å². The Morgan fingerprint density at radius 3 is 3.30 bits per heavy atom. The number of carbonyl (C=O) groups is 1. The van der Waals surface area contributed by atoms with Gasteiger partial charge in [-0.05, 0) is 31.0 Å². The lowest BCUT2D eigenvalue weighted by Crippen LogP contribution is -2.02. The zero-order chi connectivity index (χ0) is 6.97. The average molecular weight is 172 g/mol. The van der Waals surface area contributed by atoms with Crippen LogP contribution >= 0.6 is 23.5 Å². The van der Waals surface area contributed by atoms with Gasteiger partial charge < -0.3 is 0 Å². The van der Waals surface area contributed by atoms with Crippen molar-refractivity contribution in [3.05, 3.63) is 11.0 Å². The highest BCUT2D eigenvalue weighted by molar-refractivity contribution is 8.43. The maximum atomic E-state index is 10.9. The molecule has 0 N–H and O–H groups in total. The second kappa shape index (κ2) is 2.62. The molecule has 1 unspecified atom stereocenters. The van der Waals surface area contributed by atoms with E-state index >= 15 is 0 Å². The van der Waals surface area contributed by atoms with Gasteiger partial charge in [0.2, 0.25) is 0 Å². The summed E-state index contributed by atoms with van der Waals surface area (Å²) in [7, 11) is 0. The van der Waals surface area contributed by atoms with Gasteiger partial charge in [0, 0.05) is 10.2 Å². The van der Waals surface area contributed by atoms with Crippen LogP contribution in [-0.4, -0.2) is 9.70 Å². The van der Waals surface area contributed by atoms with Gasteiger partial charge in [-0.2, -0.15) is 0 Å². The monoisotopic (exact) mass is 172 g/mol. The molecule has 1 nitrogen and oxygen atoms in total. The van der Waals surface area contributed by atoms with Gasteiger partial charge in [-0.1, -0.05) is 17.8 Å². The Balaban J connectivity index is 2.20. The number of fused-ring (bicyclic) bond motifs is 1. The van der Waals surface area contributed by atoms with Crippen molar-refractivity contribution >= 4 is 28.0 Å². The summed E-state index contributed by atoms with van der Waals surface area (Å²) in [6, 6.07) is 0. The Labute approximate surface area is 68.6 Å². The number of rotatable bonds is 0. The predicted molar refractivity (Wildman–Crippen MR) is 46.3 cm³/mol. The Kier molecular flexibility index (Phi) is 1.78. The molecule has 1 atom stereocenters. The molecule has 0 aromatic rings. The van der Waals surface area contributed by atoms with Crippen LogP contribution in [-0.2, 0) is 0 Å². The minimum Gasteiger partial charge on any atom is -0.274 e. The average Bonchev–Trinajstić information content (AvgIpc) is 2.27. The van der Waals surface area contributed by atoms with Gasteiger partial charge in [0.05, 0.1) is 0 Å². The summed E-state index contributed by atoms with van der Waals surface area (Å²) >= 11 is 2.94. The second-order valence-corrected chi connectivity index (χ2v) is 4.98. The van der Waals surface area contributed by atoms with Crippen LogP contribution in [0.2, 0.25) is 0 Å². The van der Waals surface area contributed by atoms with Gasteiger partial charge in [-0.25, -0.2) is 0 Å². The molecule has 2 aliphatic rings. The summed E-state index contributed by atoms with van der Waals surface area (Å²) in [4.78, 5) is 12.2. The van der Waals surface area contributed by atoms with Crippen molar-refractivity contribution in [2.45, 2.75) is 24.5 Å². The standard InChI is InChI=1S/C7H8OS2/c8-7-9-5-3-1-2-4-6(5)10-7/h3,6H,1-2,4H2. The van der Waals surface area contributed by atoms with Crippen LogP contribution in [0.1, 0.15) is 19.3 Å². The molecule has 1 aliphatic carbocycles. The summed E-state index contributed by atoms with van der Waals surface area (Å²) in [6.45, 7) is 0. The van der Waals surface area contributed by atoms with Crippen molar-refractivity contribution in [3.63, 3.8) is 0 Å². The van der Waals surface area contributed by atoms with E-state index in [9.17, 15) is 4.79 Å². The van der Waals surface area contributed by atoms with E-state index in [1.54, 1.807) is 0 Å². The topological polar surface area (TPSA) is 17.1 Å². The maximum Gasteiger partial charge on any atom is 0.251 e. The van der Waals surface area contributed by atoms with Crippen LogP contribution in [0.15, 0.2) is 11.0 Å². The van der Waals surface area contributed by atoms with E-state index in [4.69, 9.17) is 0 Å². The molecule has 10 heavy (non-hydrogen) atoms. The molecule has 0 aromatic carbocycles. The largest absolute Gasteiger partial charge is 0.274 e. The number of allylic oxidation sites excluding steroid dienone is 1. The van der Waals surface area contributed by atoms with Crippen LogP contribution in [0.25, 0.3) is 0 Å². The van der Waals surface area contributed by atoms with E-state index in [0.29, 0.717) is 5.25 Å². The molecular formula is C7H8OS2. The third-order valence-electron chi connectivity index (χ3n) is 1.77. The molecule has 54 valence electrons. The lowest BCUT2D eigenvalue weighted by molar-refractivity contribution is 0.277. The molecule has 1 heterocycles. The van der Waals surface area contributed by atoms with Gasteiger partial charge in [0.15, 0.2) is 0 Å². The molecule has 0 radical (unpaired) electrons. The predicted octanol–water partition coefficient (Wildman–Crippen LogP) is 3.02. The third kappa shape index (κ3) is 1.12. The van der Waals surface area contributed by atoms with E-state index in [1.165, 1.54) is 47.7 Å². The highest BCUT2D eigenvalue weighted by Gasteiger charge is 2.30. The van der Waals surface area contributed by atoms with Gasteiger partial charge in [0.25, 0.3) is 4.45 Å². The Morgan fingerprint density at radius 2 is 2.50 bits per heavy atom. The molecule has 1 saturated heterocycles. The fourth-order valence-corrected chi connectivity index (χ4v) is 3.77. The first-order valence-electron chi connectivity index (χ1n) is 3.45. The van der Waals surface area contributed by atoms with E-state index < -0.39 is 0 Å². The molecule has 0 spiro atoms. The molecule has 0 aromatic heterocycles. The molecule has 1 fully saturated rings. The lowest BCUT2D eigenvalue weighted by Gasteiger charge is -2.12. The van der Waals surface area contributed by atoms with Crippen LogP contribution < -0.4 is 0 Å². The summed E-state index contributed by atoms with van der Waals surface area (Å²) < 4.78 is 0.290. The van der Waals surface area contributed by atoms with Crippen LogP contribution in [0, 0.1) is 0 Å². The van der Waals surface area contributed by atoms with Gasteiger partial charge in [-0.15, -0.1) is 0 Å². The minimum atomic E-state index is 0.290. The lowest BCUT2D eigenvalue weighted by atomic mass is 10.1. The molecule has 2 rings (SSSR count). The fraction of sp³-hybridized carbons (Fsp3) is 0.571. The number of carbonyl (C=O) groups excluding carboxylic acids is 1. The summed E-state index contributed by atoms with van der Waals surface area (Å²) in [5.41, 5.74) is 0. The highest BCUT2D eigenvalue weighted by Crippen LogP contribution is 2.46. The van der Waals surface area contributed by atoms with E-state index in [0.717, 1.165) is 0 Å². The Morgan fingerprint density at radius 1 is 1.60 bits per heavy atom. The molecule has 1 aliphatic heterocycles. The van der Waals surface area contributed by atoms with Gasteiger partial charge in [-0.3, -0.25) is 4.79 Å². The van der Waals surface area contributed by atoms with Crippen molar-refractivity contribution in [2.24, 2.45) is 0 Å². The van der Waals surface area contributed by atoms with Crippen molar-refractivity contribution in [1.82, 2.24) is 0 Å². The maximum absolute atomic E-state index is 10.9. The number of hydrogen-bond donors (Lipinski definition) is 0. The van der Waals surface area contributed by atoms with Gasteiger partial charge >= 0.3 is 0 Å². The Bertz CT molecular complexity index is 198. The molecule has 0 amide bonds. The smallest absolute Gasteiger partial charge is 0.251 e. The SMILES string of the molecule is O=C1SC2=CCCCC2S1. The molecule has 3 heteroatoms. The Hall–Kier alpha value is 0.110. The highest BCUT2D eigenvalue weighted by atomic mass is 32.2. The zero-order valence-electron chi connectivity index (χ0n) is 5.50. The molecular weight excluding hydrogens is 164 g/mol. The summed E-state index contributed by atoms with van der Waals surface area (Å²) in [6.07, 6.45) is 5.85. The second-order valence-electron chi connectivity index (χ2n) is 2.50. The fourth-order valence-electron chi connectivity index (χ4n) is 1.28. The summed E-state index contributed by atoms with van der Waals surface area (Å²) in [5.74, 6) is 0. The normalized spacial score (nSPS) is 31.8. The zero-order valence-corrected chi connectivity index (χ0v) is 7.13. The van der Waals surface area contributed by atoms with Crippen LogP contribution in [0.3, 0.4) is 0 Å². The third-order valence-corrected chi connectivity index (χ3v) is 4.28.